The summed E-state index contributed by atoms with van der Waals surface area (Å²) >= 11 is 0. The van der Waals surface area contributed by atoms with Gasteiger partial charge in [0, 0.05) is 18.6 Å². The lowest BCUT2D eigenvalue weighted by Crippen LogP contribution is -2.52. The lowest BCUT2D eigenvalue weighted by molar-refractivity contribution is 0.138. The van der Waals surface area contributed by atoms with Gasteiger partial charge in [-0.25, -0.2) is 0 Å². The van der Waals surface area contributed by atoms with Gasteiger partial charge in [0.25, 0.3) is 0 Å². The lowest BCUT2D eigenvalue weighted by Gasteiger charge is -2.40. The first-order valence-corrected chi connectivity index (χ1v) is 7.69. The molecule has 2 saturated heterocycles. The molecular weight excluding hydrogens is 222 g/mol. The van der Waals surface area contributed by atoms with Gasteiger partial charge >= 0.3 is 0 Å². The van der Waals surface area contributed by atoms with Gasteiger partial charge in [0.2, 0.25) is 0 Å². The van der Waals surface area contributed by atoms with Crippen LogP contribution in [0.2, 0.25) is 0 Å². The predicted molar refractivity (Wildman–Crippen MR) is 77.9 cm³/mol. The van der Waals surface area contributed by atoms with Gasteiger partial charge in [-0.05, 0) is 71.8 Å². The van der Waals surface area contributed by atoms with Gasteiger partial charge in [-0.2, -0.15) is 0 Å². The van der Waals surface area contributed by atoms with E-state index in [9.17, 15) is 0 Å². The summed E-state index contributed by atoms with van der Waals surface area (Å²) in [5.74, 6) is 1.67. The van der Waals surface area contributed by atoms with Crippen LogP contribution in [0.15, 0.2) is 0 Å². The van der Waals surface area contributed by atoms with Crippen molar-refractivity contribution < 1.29 is 0 Å². The average molecular weight is 253 g/mol. The molecule has 0 aromatic rings. The van der Waals surface area contributed by atoms with Crippen molar-refractivity contribution >= 4 is 0 Å². The first-order valence-electron chi connectivity index (χ1n) is 7.69. The second-order valence-electron chi connectivity index (χ2n) is 6.73. The van der Waals surface area contributed by atoms with Crippen molar-refractivity contribution in [2.24, 2.45) is 11.8 Å². The minimum atomic E-state index is 0.689. The Bertz CT molecular complexity index is 248. The number of nitrogens with zero attached hydrogens (tertiary/aromatic N) is 2. The molecule has 0 spiro atoms. The van der Waals surface area contributed by atoms with E-state index in [0.29, 0.717) is 6.04 Å². The van der Waals surface area contributed by atoms with Crippen molar-refractivity contribution in [1.29, 1.82) is 0 Å². The smallest absolute Gasteiger partial charge is 0.0120 e. The zero-order chi connectivity index (χ0) is 13.1. The maximum atomic E-state index is 3.93. The highest BCUT2D eigenvalue weighted by molar-refractivity contribution is 4.86. The molecule has 0 saturated carbocycles. The SMILES string of the molecule is CC1CN(C)CCC1NC(C)C1CCN(C)CC1. The number of piperidine rings is 2. The van der Waals surface area contributed by atoms with E-state index in [-0.39, 0.29) is 0 Å². The fraction of sp³-hybridized carbons (Fsp3) is 1.00. The molecular formula is C15H31N3. The van der Waals surface area contributed by atoms with Crippen molar-refractivity contribution in [1.82, 2.24) is 15.1 Å². The van der Waals surface area contributed by atoms with Crippen LogP contribution in [-0.2, 0) is 0 Å². The van der Waals surface area contributed by atoms with Crippen LogP contribution in [-0.4, -0.2) is 62.2 Å². The van der Waals surface area contributed by atoms with Crippen molar-refractivity contribution in [3.63, 3.8) is 0 Å². The summed E-state index contributed by atoms with van der Waals surface area (Å²) < 4.78 is 0. The Morgan fingerprint density at radius 3 is 2.22 bits per heavy atom. The van der Waals surface area contributed by atoms with Crippen LogP contribution in [0.4, 0.5) is 0 Å². The van der Waals surface area contributed by atoms with E-state index in [0.717, 1.165) is 17.9 Å². The Balaban J connectivity index is 1.78. The second-order valence-corrected chi connectivity index (χ2v) is 6.73. The predicted octanol–water partition coefficient (Wildman–Crippen LogP) is 1.65. The molecule has 0 aromatic heterocycles. The molecule has 3 heteroatoms. The normalized spacial score (nSPS) is 34.7. The zero-order valence-electron chi connectivity index (χ0n) is 12.7. The first kappa shape index (κ1) is 14.3. The largest absolute Gasteiger partial charge is 0.311 e. The molecule has 2 fully saturated rings. The highest BCUT2D eigenvalue weighted by Crippen LogP contribution is 2.22. The zero-order valence-corrected chi connectivity index (χ0v) is 12.7. The molecule has 1 N–H and O–H groups in total. The Hall–Kier alpha value is -0.120. The number of hydrogen-bond donors (Lipinski definition) is 1. The molecule has 2 aliphatic heterocycles. The first-order chi connectivity index (χ1) is 8.56. The Morgan fingerprint density at radius 1 is 1.00 bits per heavy atom. The van der Waals surface area contributed by atoms with Gasteiger partial charge in [-0.15, -0.1) is 0 Å². The molecule has 106 valence electrons. The van der Waals surface area contributed by atoms with Crippen LogP contribution in [0.3, 0.4) is 0 Å². The number of rotatable bonds is 3. The third kappa shape index (κ3) is 3.69. The molecule has 2 aliphatic rings. The average Bonchev–Trinajstić information content (AvgIpc) is 2.33. The molecule has 2 rings (SSSR count). The molecule has 18 heavy (non-hydrogen) atoms. The quantitative estimate of drug-likeness (QED) is 0.825. The van der Waals surface area contributed by atoms with Crippen molar-refractivity contribution in [3.05, 3.63) is 0 Å². The Kier molecular flexibility index (Phi) is 5.05. The summed E-state index contributed by atoms with van der Waals surface area (Å²) in [7, 11) is 4.49. The Morgan fingerprint density at radius 2 is 1.61 bits per heavy atom. The van der Waals surface area contributed by atoms with Gasteiger partial charge < -0.3 is 15.1 Å². The van der Waals surface area contributed by atoms with Crippen LogP contribution in [0.1, 0.15) is 33.1 Å². The van der Waals surface area contributed by atoms with Gasteiger partial charge in [-0.3, -0.25) is 0 Å². The molecule has 3 unspecified atom stereocenters. The molecule has 0 bridgehead atoms. The van der Waals surface area contributed by atoms with Gasteiger partial charge in [0.1, 0.15) is 0 Å². The van der Waals surface area contributed by atoms with Gasteiger partial charge in [0.15, 0.2) is 0 Å². The van der Waals surface area contributed by atoms with Gasteiger partial charge in [-0.1, -0.05) is 6.92 Å². The van der Waals surface area contributed by atoms with E-state index in [1.165, 1.54) is 45.4 Å². The maximum Gasteiger partial charge on any atom is 0.0120 e. The van der Waals surface area contributed by atoms with E-state index in [1.807, 2.05) is 0 Å². The van der Waals surface area contributed by atoms with Gasteiger partial charge in [0.05, 0.1) is 0 Å². The third-order valence-electron chi connectivity index (χ3n) is 5.06. The van der Waals surface area contributed by atoms with E-state index in [2.05, 4.69) is 43.1 Å². The van der Waals surface area contributed by atoms with E-state index >= 15 is 0 Å². The van der Waals surface area contributed by atoms with E-state index in [1.54, 1.807) is 0 Å². The van der Waals surface area contributed by atoms with Crippen LogP contribution in [0, 0.1) is 11.8 Å². The fourth-order valence-electron chi connectivity index (χ4n) is 3.60. The van der Waals surface area contributed by atoms with Crippen LogP contribution < -0.4 is 5.32 Å². The van der Waals surface area contributed by atoms with Crippen LogP contribution in [0.25, 0.3) is 0 Å². The van der Waals surface area contributed by atoms with Crippen LogP contribution >= 0.6 is 0 Å². The van der Waals surface area contributed by atoms with Crippen LogP contribution in [0.5, 0.6) is 0 Å². The molecule has 0 amide bonds. The summed E-state index contributed by atoms with van der Waals surface area (Å²) in [6.07, 6.45) is 4.05. The molecule has 0 aliphatic carbocycles. The summed E-state index contributed by atoms with van der Waals surface area (Å²) in [5, 5.41) is 3.93. The molecule has 3 nitrogen and oxygen atoms in total. The topological polar surface area (TPSA) is 18.5 Å². The van der Waals surface area contributed by atoms with Crippen molar-refractivity contribution in [2.75, 3.05) is 40.3 Å². The monoisotopic (exact) mass is 253 g/mol. The minimum absolute atomic E-state index is 0.689. The highest BCUT2D eigenvalue weighted by Gasteiger charge is 2.28. The minimum Gasteiger partial charge on any atom is -0.311 e. The molecule has 2 heterocycles. The molecule has 0 aromatic carbocycles. The summed E-state index contributed by atoms with van der Waals surface area (Å²) in [4.78, 5) is 4.92. The van der Waals surface area contributed by atoms with E-state index in [4.69, 9.17) is 0 Å². The summed E-state index contributed by atoms with van der Waals surface area (Å²) in [5.41, 5.74) is 0. The van der Waals surface area contributed by atoms with Crippen molar-refractivity contribution in [2.45, 2.75) is 45.2 Å². The lowest BCUT2D eigenvalue weighted by atomic mass is 9.87. The Labute approximate surface area is 113 Å². The highest BCUT2D eigenvalue weighted by atomic mass is 15.1. The number of likely N-dealkylation sites (tertiary alicyclic amines) is 2. The van der Waals surface area contributed by atoms with E-state index < -0.39 is 0 Å². The number of hydrogen-bond acceptors (Lipinski definition) is 3. The maximum absolute atomic E-state index is 3.93. The number of nitrogens with one attached hydrogen (secondary N) is 1. The standard InChI is InChI=1S/C15H31N3/c1-12-11-18(4)10-7-15(12)16-13(2)14-5-8-17(3)9-6-14/h12-16H,5-11H2,1-4H3. The second kappa shape index (κ2) is 6.36. The summed E-state index contributed by atoms with van der Waals surface area (Å²) in [6, 6.07) is 1.42. The van der Waals surface area contributed by atoms with Crippen molar-refractivity contribution in [3.8, 4) is 0 Å². The third-order valence-corrected chi connectivity index (χ3v) is 5.06. The summed E-state index contributed by atoms with van der Waals surface area (Å²) in [6.45, 7) is 9.86. The fourth-order valence-corrected chi connectivity index (χ4v) is 3.60. The molecule has 3 atom stereocenters. The molecule has 0 radical (unpaired) electrons.